The number of nitrogens with one attached hydrogen (secondary N) is 9. The van der Waals surface area contributed by atoms with Crippen molar-refractivity contribution < 1.29 is 45.7 Å². The minimum absolute atomic E-state index is 0.0258. The van der Waals surface area contributed by atoms with Crippen LogP contribution in [0.3, 0.4) is 0 Å². The van der Waals surface area contributed by atoms with Gasteiger partial charge in [-0.3, -0.25) is 44.7 Å². The summed E-state index contributed by atoms with van der Waals surface area (Å²) in [5.41, 5.74) is 19.4. The molecular formula is C117H123N17O9. The zero-order valence-corrected chi connectivity index (χ0v) is 81.9. The molecule has 5 amide bonds. The molecule has 22 rings (SSSR count). The number of aromatic amines is 5. The number of pyridine rings is 1. The molecule has 0 bridgehead atoms. The highest BCUT2D eigenvalue weighted by Gasteiger charge is 2.38. The summed E-state index contributed by atoms with van der Waals surface area (Å²) >= 11 is 0. The topological polar surface area (TPSA) is 333 Å². The smallest absolute Gasteiger partial charge is 0.410 e. The molecule has 0 radical (unpaired) electrons. The molecule has 730 valence electrons. The van der Waals surface area contributed by atoms with Crippen LogP contribution in [0.1, 0.15) is 215 Å². The van der Waals surface area contributed by atoms with E-state index in [-0.39, 0.29) is 77.9 Å². The van der Waals surface area contributed by atoms with E-state index in [0.717, 1.165) is 180 Å². The van der Waals surface area contributed by atoms with Crippen molar-refractivity contribution in [3.05, 3.63) is 329 Å². The number of likely N-dealkylation sites (N-methyl/N-ethyl adjacent to an activating group) is 1. The fourth-order valence-corrected chi connectivity index (χ4v) is 20.7. The first-order valence-electron chi connectivity index (χ1n) is 51.0. The Morgan fingerprint density at radius 2 is 0.832 bits per heavy atom. The molecule has 0 spiro atoms. The van der Waals surface area contributed by atoms with Crippen molar-refractivity contribution in [2.45, 2.75) is 192 Å². The average molecular weight is 1910 g/mol. The Balaban J connectivity index is 0.000000122. The van der Waals surface area contributed by atoms with Crippen LogP contribution < -0.4 is 35.5 Å². The average Bonchev–Trinajstić information content (AvgIpc) is 1.46. The number of H-pyrrole nitrogens is 5. The summed E-state index contributed by atoms with van der Waals surface area (Å²) < 4.78 is 39.2. The fourth-order valence-electron chi connectivity index (χ4n) is 20.7. The van der Waals surface area contributed by atoms with Gasteiger partial charge in [-0.15, -0.1) is 0 Å². The van der Waals surface area contributed by atoms with Crippen LogP contribution in [0.5, 0.6) is 17.4 Å². The molecule has 8 atom stereocenters. The van der Waals surface area contributed by atoms with Crippen LogP contribution in [0.4, 0.5) is 4.79 Å². The Kier molecular flexibility index (Phi) is 28.6. The zero-order valence-electron chi connectivity index (χ0n) is 83.9. The minimum Gasteiger partial charge on any atom is -0.493 e. The van der Waals surface area contributed by atoms with E-state index in [1.807, 2.05) is 224 Å². The van der Waals surface area contributed by atoms with E-state index in [4.69, 9.17) is 21.7 Å². The summed E-state index contributed by atoms with van der Waals surface area (Å²) in [6, 6.07) is 87.6. The number of amides is 5. The van der Waals surface area contributed by atoms with E-state index in [9.17, 15) is 24.0 Å². The van der Waals surface area contributed by atoms with Gasteiger partial charge in [-0.2, -0.15) is 25.5 Å². The second-order valence-corrected chi connectivity index (χ2v) is 39.3. The van der Waals surface area contributed by atoms with E-state index < -0.39 is 12.1 Å². The van der Waals surface area contributed by atoms with Crippen LogP contribution in [0.15, 0.2) is 279 Å². The van der Waals surface area contributed by atoms with Gasteiger partial charge in [0.2, 0.25) is 5.88 Å². The maximum atomic E-state index is 13.7. The Bertz CT molecular complexity index is 7420. The third-order valence-electron chi connectivity index (χ3n) is 27.7. The first-order chi connectivity index (χ1) is 70.3. The van der Waals surface area contributed by atoms with Gasteiger partial charge in [0, 0.05) is 154 Å². The van der Waals surface area contributed by atoms with Crippen molar-refractivity contribution in [2.24, 2.45) is 0 Å². The van der Waals surface area contributed by atoms with Gasteiger partial charge in [-0.05, 0) is 261 Å². The summed E-state index contributed by atoms with van der Waals surface area (Å²) in [5, 5.41) is 55.3. The van der Waals surface area contributed by atoms with E-state index >= 15 is 0 Å². The highest BCUT2D eigenvalue weighted by molar-refractivity contribution is 6.06. The van der Waals surface area contributed by atoms with Crippen molar-refractivity contribution in [2.75, 3.05) is 39.3 Å². The largest absolute Gasteiger partial charge is 0.493 e. The highest BCUT2D eigenvalue weighted by Crippen LogP contribution is 2.41. The lowest BCUT2D eigenvalue weighted by Gasteiger charge is -2.39. The number of fused-ring (bicyclic) bond motifs is 6. The number of hydrogen-bond acceptors (Lipinski definition) is 16. The van der Waals surface area contributed by atoms with Gasteiger partial charge < -0.3 is 50.0 Å². The maximum absolute atomic E-state index is 13.7. The second kappa shape index (κ2) is 43.7. The Morgan fingerprint density at radius 1 is 0.427 bits per heavy atom. The summed E-state index contributed by atoms with van der Waals surface area (Å²) in [6.45, 7) is 16.3. The summed E-state index contributed by atoms with van der Waals surface area (Å²) in [5.74, 6) is 2.74. The van der Waals surface area contributed by atoms with Crippen molar-refractivity contribution in [1.29, 1.82) is 0 Å². The number of aromatic nitrogens is 11. The molecule has 0 unspecified atom stereocenters. The van der Waals surface area contributed by atoms with Crippen LogP contribution in [0.25, 0.3) is 99.5 Å². The number of likely N-dealkylation sites (tertiary alicyclic amines) is 2. The monoisotopic (exact) mass is 1910 g/mol. The normalized spacial score (nSPS) is 18.8. The highest BCUT2D eigenvalue weighted by atomic mass is 16.6. The number of carbonyl (C=O) groups is 5. The number of benzene rings is 11. The molecule has 26 nitrogen and oxygen atoms in total. The standard InChI is InChI=1S/C32H34N4O4.C30H34N4O2.C28H30N4O2.C27H25N5O/c1-32(2,3)40-31(38)36-15-13-24(20-7-5-4-6-8-20)27(19-36)33-30(37)23-9-11-26-25(18-23)29(35-34-26)22-10-12-28-21(17-22)14-16-39-28;1-4-34-17-16-25(21-8-6-5-7-9-21)28(19-34)31-30(35)23-12-15-27-26(18-23)29(33-32-27)22-10-13-24(14-11-22)36-20(2)3;1-18(2)34-26-17-20(14-15-29-26)27-23-16-21(12-13-25(23)31-32-27)28(33)30-24-11-7-6-10-22(24)19-8-4-3-5-9-19;33-27(29-24-9-5-4-8-21(24)17-6-2-1-3-7-17)19-11-13-25-22(15-19)26(32-31-25)18-10-12-23-20(14-18)16-28-30-23/h4-12,17-18,24,27H,13-16,19H2,1-3H3,(H,33,37)(H,34,35);5-15,18,20,25,28H,4,16-17,19H2,1-3H3,(H,31,35)(H,32,33);3-5,8-9,12-18,22,24H,6-7,10-11H2,1-2H3,(H,30,33)(H,31,32);1-3,6-7,10-16,21,24H,4-5,8-9H2,(H,28,30)(H,29,33)(H,31,32)/t24-,27+;25-,28+;22-,24+;21-,24+/m0000/s1/i;4D2;;. The number of piperidine rings is 2. The lowest BCUT2D eigenvalue weighted by molar-refractivity contribution is 0.0169. The van der Waals surface area contributed by atoms with Gasteiger partial charge in [0.05, 0.1) is 75.7 Å². The van der Waals surface area contributed by atoms with Crippen LogP contribution in [0, 0.1) is 0 Å². The molecule has 3 aliphatic heterocycles. The Labute approximate surface area is 834 Å². The van der Waals surface area contributed by atoms with Gasteiger partial charge in [-0.25, -0.2) is 9.78 Å². The van der Waals surface area contributed by atoms with E-state index in [0.29, 0.717) is 72.8 Å². The lowest BCUT2D eigenvalue weighted by Crippen LogP contribution is -2.54. The number of carbonyl (C=O) groups excluding carboxylic acids is 5. The van der Waals surface area contributed by atoms with Crippen molar-refractivity contribution in [1.82, 2.24) is 87.0 Å². The maximum Gasteiger partial charge on any atom is 0.410 e. The first-order valence-corrected chi connectivity index (χ1v) is 50.0. The zero-order chi connectivity index (χ0) is 100. The quantitative estimate of drug-likeness (QED) is 0.0323. The summed E-state index contributed by atoms with van der Waals surface area (Å²) in [6.07, 6.45) is 14.6. The first kappa shape index (κ1) is 93.7. The molecule has 2 aliphatic carbocycles. The van der Waals surface area contributed by atoms with Crippen molar-refractivity contribution in [3.8, 4) is 62.4 Å². The Morgan fingerprint density at radius 3 is 1.29 bits per heavy atom. The fraction of sp³-hybridized carbons (Fsp3) is 0.308. The third kappa shape index (κ3) is 22.7. The third-order valence-corrected chi connectivity index (χ3v) is 27.7. The van der Waals surface area contributed by atoms with Gasteiger partial charge in [0.1, 0.15) is 22.8 Å². The molecule has 143 heavy (non-hydrogen) atoms. The molecule has 9 heterocycles. The van der Waals surface area contributed by atoms with Crippen molar-refractivity contribution >= 4 is 84.2 Å². The van der Waals surface area contributed by atoms with Gasteiger partial charge in [0.25, 0.3) is 23.6 Å². The number of nitrogens with zero attached hydrogens (tertiary/aromatic N) is 8. The lowest BCUT2D eigenvalue weighted by atomic mass is 9.80. The van der Waals surface area contributed by atoms with Crippen LogP contribution >= 0.6 is 0 Å². The number of ether oxygens (including phenoxy) is 4. The Hall–Kier alpha value is -15.6. The molecule has 5 aliphatic rings. The molecule has 17 aromatic rings. The van der Waals surface area contributed by atoms with E-state index in [1.165, 1.54) is 29.5 Å². The second-order valence-electron chi connectivity index (χ2n) is 39.3. The minimum atomic E-state index is -1.45. The predicted octanol–water partition coefficient (Wildman–Crippen LogP) is 22.7. The van der Waals surface area contributed by atoms with Gasteiger partial charge >= 0.3 is 6.09 Å². The van der Waals surface area contributed by atoms with E-state index in [2.05, 4.69) is 162 Å². The molecule has 6 aromatic heterocycles. The van der Waals surface area contributed by atoms with E-state index in [1.54, 1.807) is 35.2 Å². The number of hydrogen-bond donors (Lipinski definition) is 9. The molecule has 2 saturated carbocycles. The summed E-state index contributed by atoms with van der Waals surface area (Å²) in [4.78, 5) is 74.5. The van der Waals surface area contributed by atoms with Crippen LogP contribution in [-0.4, -0.2) is 177 Å². The van der Waals surface area contributed by atoms with Gasteiger partial charge in [0.15, 0.2) is 0 Å². The van der Waals surface area contributed by atoms with Crippen LogP contribution in [0.2, 0.25) is 0 Å². The van der Waals surface area contributed by atoms with Gasteiger partial charge in [-0.1, -0.05) is 160 Å². The SMILES string of the molecule is CC(C)(C)OC(=O)N1CC[C@@H](c2ccccc2)[C@H](NC(=O)c2ccc3[nH]nc(-c4ccc5c(c4)CCO5)c3c2)C1.CC(C)Oc1cc(-c2n[nH]c3ccc(C(=O)N[C@@H]4CCCC[C@H]4c4ccccc4)cc23)ccn1.O=C(N[C@@H]1CCCC[C@H]1c1ccccc1)c1ccc2[nH]nc(-c3ccc4[nH]ncc4c3)c2c1.[2H]C([2H])(C)N1CC[C@@H](c2ccccc2)[C@H](NC(=O)c2ccc3[nH]nc(-c4ccc(OC(C)C)cc4)c3c2)C1. The predicted molar refractivity (Wildman–Crippen MR) is 562 cm³/mol. The molecular weight excluding hydrogens is 1790 g/mol. The molecule has 26 heteroatoms. The van der Waals surface area contributed by atoms with Crippen LogP contribution in [-0.2, 0) is 11.2 Å². The van der Waals surface area contributed by atoms with Crippen molar-refractivity contribution in [3.63, 3.8) is 0 Å². The molecule has 11 aromatic carbocycles. The molecule has 4 fully saturated rings. The summed E-state index contributed by atoms with van der Waals surface area (Å²) in [7, 11) is 0. The molecule has 9 N–H and O–H groups in total. The number of rotatable bonds is 21. The molecule has 2 saturated heterocycles.